The molecule has 0 aliphatic heterocycles. The first-order valence-electron chi connectivity index (χ1n) is 9.15. The molecule has 0 unspecified atom stereocenters. The van der Waals surface area contributed by atoms with Crippen molar-refractivity contribution in [1.82, 2.24) is 5.32 Å². The monoisotopic (exact) mass is 428 g/mol. The van der Waals surface area contributed by atoms with Gasteiger partial charge in [0.25, 0.3) is 0 Å². The van der Waals surface area contributed by atoms with E-state index in [1.807, 2.05) is 74.5 Å². The molecule has 6 heteroatoms. The Bertz CT molecular complexity index is 954. The summed E-state index contributed by atoms with van der Waals surface area (Å²) in [7, 11) is 0. The van der Waals surface area contributed by atoms with Gasteiger partial charge in [0.05, 0.1) is 15.6 Å². The number of carbonyl (C=O) groups excluding carboxylic acids is 1. The molecule has 3 aromatic rings. The van der Waals surface area contributed by atoms with Crippen molar-refractivity contribution in [3.63, 3.8) is 0 Å². The lowest BCUT2D eigenvalue weighted by atomic mass is 9.94. The molecule has 0 atom stereocenters. The zero-order valence-corrected chi connectivity index (χ0v) is 17.7. The van der Waals surface area contributed by atoms with Crippen LogP contribution in [0.25, 0.3) is 0 Å². The van der Waals surface area contributed by atoms with Crippen LogP contribution in [0.5, 0.6) is 5.75 Å². The number of ether oxygens (including phenoxy) is 1. The van der Waals surface area contributed by atoms with Gasteiger partial charge in [-0.1, -0.05) is 71.7 Å². The molecule has 150 valence electrons. The molecule has 0 fully saturated rings. The summed E-state index contributed by atoms with van der Waals surface area (Å²) in [4.78, 5) is 12.4. The molecule has 0 heterocycles. The molecule has 3 rings (SSSR count). The van der Waals surface area contributed by atoms with Gasteiger partial charge in [0.15, 0.2) is 5.75 Å². The molecule has 4 nitrogen and oxygen atoms in total. The second kappa shape index (κ2) is 9.21. The number of amides is 2. The summed E-state index contributed by atoms with van der Waals surface area (Å²) in [6.07, 6.45) is 0. The Morgan fingerprint density at radius 2 is 1.48 bits per heavy atom. The van der Waals surface area contributed by atoms with E-state index in [1.165, 1.54) is 0 Å². The quantitative estimate of drug-likeness (QED) is 0.462. The molecule has 0 spiro atoms. The van der Waals surface area contributed by atoms with Crippen molar-refractivity contribution in [3.8, 4) is 5.75 Å². The molecule has 0 bridgehead atoms. The molecule has 3 aromatic carbocycles. The summed E-state index contributed by atoms with van der Waals surface area (Å²) in [6, 6.07) is 22.2. The lowest BCUT2D eigenvalue weighted by Crippen LogP contribution is -2.43. The summed E-state index contributed by atoms with van der Waals surface area (Å²) in [5.74, 6) is 0.422. The van der Waals surface area contributed by atoms with E-state index in [0.717, 1.165) is 11.1 Å². The Kier molecular flexibility index (Phi) is 6.68. The van der Waals surface area contributed by atoms with Crippen molar-refractivity contribution in [2.75, 3.05) is 5.32 Å². The maximum absolute atomic E-state index is 12.4. The number of carbonyl (C=O) groups is 1. The van der Waals surface area contributed by atoms with E-state index >= 15 is 0 Å². The van der Waals surface area contributed by atoms with Crippen molar-refractivity contribution in [1.29, 1.82) is 0 Å². The van der Waals surface area contributed by atoms with Crippen molar-refractivity contribution in [2.24, 2.45) is 0 Å². The first-order valence-corrected chi connectivity index (χ1v) is 9.91. The Labute approximate surface area is 180 Å². The molecule has 0 saturated heterocycles. The largest absolute Gasteiger partial charge is 0.486 e. The number of hydrogen-bond acceptors (Lipinski definition) is 2. The minimum Gasteiger partial charge on any atom is -0.486 e. The summed E-state index contributed by atoms with van der Waals surface area (Å²) < 4.78 is 5.82. The molecule has 0 aliphatic carbocycles. The molecule has 0 radical (unpaired) electrons. The SMILES string of the molecule is CC(C)(NC(=O)Nc1ccccc1)c1cc(Cl)c(OCc2ccccc2)c(Cl)c1. The molecule has 0 saturated carbocycles. The van der Waals surface area contributed by atoms with Gasteiger partial charge in [-0.15, -0.1) is 0 Å². The number of rotatable bonds is 6. The average Bonchev–Trinajstić information content (AvgIpc) is 2.68. The molecule has 2 amide bonds. The minimum absolute atomic E-state index is 0.321. The Morgan fingerprint density at radius 3 is 2.07 bits per heavy atom. The van der Waals surface area contributed by atoms with Gasteiger partial charge in [0, 0.05) is 5.69 Å². The van der Waals surface area contributed by atoms with Crippen LogP contribution in [0.1, 0.15) is 25.0 Å². The van der Waals surface area contributed by atoms with Crippen molar-refractivity contribution >= 4 is 34.9 Å². The lowest BCUT2D eigenvalue weighted by molar-refractivity contribution is 0.242. The number of urea groups is 1. The first kappa shape index (κ1) is 21.0. The number of benzene rings is 3. The van der Waals surface area contributed by atoms with Gasteiger partial charge in [-0.25, -0.2) is 4.79 Å². The topological polar surface area (TPSA) is 50.4 Å². The number of halogens is 2. The average molecular weight is 429 g/mol. The number of nitrogens with one attached hydrogen (secondary N) is 2. The highest BCUT2D eigenvalue weighted by atomic mass is 35.5. The maximum Gasteiger partial charge on any atom is 0.319 e. The van der Waals surface area contributed by atoms with Gasteiger partial charge in [-0.05, 0) is 49.2 Å². The van der Waals surface area contributed by atoms with E-state index in [1.54, 1.807) is 12.1 Å². The van der Waals surface area contributed by atoms with Gasteiger partial charge in [0.2, 0.25) is 0 Å². The third kappa shape index (κ3) is 5.66. The summed E-state index contributed by atoms with van der Waals surface area (Å²) in [5, 5.41) is 6.53. The van der Waals surface area contributed by atoms with E-state index in [9.17, 15) is 4.79 Å². The Balaban J connectivity index is 1.71. The first-order chi connectivity index (χ1) is 13.8. The standard InChI is InChI=1S/C23H22Cl2N2O2/c1-23(2,27-22(28)26-18-11-7-4-8-12-18)17-13-19(24)21(20(25)14-17)29-15-16-9-5-3-6-10-16/h3-14H,15H2,1-2H3,(H2,26,27,28). The summed E-state index contributed by atoms with van der Waals surface area (Å²) in [5.41, 5.74) is 1.79. The third-order valence-electron chi connectivity index (χ3n) is 4.40. The van der Waals surface area contributed by atoms with E-state index in [-0.39, 0.29) is 6.03 Å². The zero-order chi connectivity index (χ0) is 20.9. The zero-order valence-electron chi connectivity index (χ0n) is 16.2. The predicted octanol–water partition coefficient (Wildman–Crippen LogP) is 6.63. The third-order valence-corrected chi connectivity index (χ3v) is 4.97. The van der Waals surface area contributed by atoms with E-state index in [4.69, 9.17) is 27.9 Å². The van der Waals surface area contributed by atoms with Crippen LogP contribution in [0.4, 0.5) is 10.5 Å². The van der Waals surface area contributed by atoms with Crippen LogP contribution in [0.2, 0.25) is 10.0 Å². The molecular formula is C23H22Cl2N2O2. The van der Waals surface area contributed by atoms with E-state index < -0.39 is 5.54 Å². The smallest absolute Gasteiger partial charge is 0.319 e. The molecule has 0 aliphatic rings. The number of para-hydroxylation sites is 1. The summed E-state index contributed by atoms with van der Waals surface area (Å²) >= 11 is 12.9. The maximum atomic E-state index is 12.4. The predicted molar refractivity (Wildman–Crippen MR) is 119 cm³/mol. The van der Waals surface area contributed by atoms with Crippen LogP contribution in [-0.2, 0) is 12.1 Å². The molecule has 0 aromatic heterocycles. The molecule has 29 heavy (non-hydrogen) atoms. The van der Waals surface area contributed by atoms with E-state index in [0.29, 0.717) is 28.1 Å². The van der Waals surface area contributed by atoms with Crippen LogP contribution in [0.15, 0.2) is 72.8 Å². The fourth-order valence-corrected chi connectivity index (χ4v) is 3.42. The second-order valence-corrected chi connectivity index (χ2v) is 7.93. The highest BCUT2D eigenvalue weighted by molar-refractivity contribution is 6.37. The summed E-state index contributed by atoms with van der Waals surface area (Å²) in [6.45, 7) is 4.12. The van der Waals surface area contributed by atoms with Crippen LogP contribution in [0.3, 0.4) is 0 Å². The van der Waals surface area contributed by atoms with Crippen LogP contribution in [0, 0.1) is 0 Å². The second-order valence-electron chi connectivity index (χ2n) is 7.11. The van der Waals surface area contributed by atoms with Crippen LogP contribution < -0.4 is 15.4 Å². The highest BCUT2D eigenvalue weighted by Crippen LogP contribution is 2.37. The Morgan fingerprint density at radius 1 is 0.931 bits per heavy atom. The van der Waals surface area contributed by atoms with Crippen molar-refractivity contribution < 1.29 is 9.53 Å². The highest BCUT2D eigenvalue weighted by Gasteiger charge is 2.25. The Hall–Kier alpha value is -2.69. The normalized spacial score (nSPS) is 11.0. The van der Waals surface area contributed by atoms with E-state index in [2.05, 4.69) is 10.6 Å². The van der Waals surface area contributed by atoms with Crippen molar-refractivity contribution in [3.05, 3.63) is 94.0 Å². The number of hydrogen-bond donors (Lipinski definition) is 2. The fraction of sp³-hybridized carbons (Fsp3) is 0.174. The van der Waals surface area contributed by atoms with Gasteiger partial charge in [-0.2, -0.15) is 0 Å². The lowest BCUT2D eigenvalue weighted by Gasteiger charge is -2.28. The van der Waals surface area contributed by atoms with Gasteiger partial charge < -0.3 is 15.4 Å². The van der Waals surface area contributed by atoms with Crippen molar-refractivity contribution in [2.45, 2.75) is 26.0 Å². The van der Waals surface area contributed by atoms with Crippen LogP contribution in [-0.4, -0.2) is 6.03 Å². The molecule has 2 N–H and O–H groups in total. The number of anilines is 1. The minimum atomic E-state index is -0.704. The van der Waals surface area contributed by atoms with Gasteiger partial charge in [-0.3, -0.25) is 0 Å². The fourth-order valence-electron chi connectivity index (χ4n) is 2.83. The van der Waals surface area contributed by atoms with Gasteiger partial charge >= 0.3 is 6.03 Å². The van der Waals surface area contributed by atoms with Gasteiger partial charge in [0.1, 0.15) is 6.61 Å². The van der Waals surface area contributed by atoms with Crippen LogP contribution >= 0.6 is 23.2 Å². The molecular weight excluding hydrogens is 407 g/mol.